The van der Waals surface area contributed by atoms with Crippen LogP contribution in [-0.4, -0.2) is 71.7 Å². The van der Waals surface area contributed by atoms with Gasteiger partial charge in [0.15, 0.2) is 5.78 Å². The number of allylic oxidation sites excluding steroid dienone is 2. The summed E-state index contributed by atoms with van der Waals surface area (Å²) in [4.78, 5) is 46.5. The zero-order chi connectivity index (χ0) is 39.2. The van der Waals surface area contributed by atoms with Crippen molar-refractivity contribution in [1.82, 2.24) is 0 Å². The Bertz CT molecular complexity index is 1720. The Morgan fingerprint density at radius 2 is 0.833 bits per heavy atom. The first-order valence-electron chi connectivity index (χ1n) is 19.2. The van der Waals surface area contributed by atoms with Gasteiger partial charge in [-0.2, -0.15) is 0 Å². The average Bonchev–Trinajstić information content (AvgIpc) is 3.19. The Labute approximate surface area is 323 Å². The van der Waals surface area contributed by atoms with Gasteiger partial charge in [-0.25, -0.2) is 0 Å². The standard InChI is InChI=1S/C26H34N2O2.C21H24N2O/c1-5-27(6-2)21-13-9-19(10-14-21)24-17-23(29)18-25(26(24)30)20-11-15-22(16-12-20)28(7-3)8-4;1-22(2)19-11-5-17(6-12-19)9-15-21(24)16-10-18-7-13-20(14-8-18)23(3)4/h9-16,24-25H,5-8,17-18H2,1-4H3;5-16H,1-4H3. The molecule has 2 atom stereocenters. The third kappa shape index (κ3) is 11.3. The first-order chi connectivity index (χ1) is 26.0. The summed E-state index contributed by atoms with van der Waals surface area (Å²) >= 11 is 0. The monoisotopic (exact) mass is 726 g/mol. The first kappa shape index (κ1) is 41.3. The number of nitrogens with zero attached hydrogens (tertiary/aromatic N) is 4. The van der Waals surface area contributed by atoms with E-state index in [9.17, 15) is 14.4 Å². The number of hydrogen-bond donors (Lipinski definition) is 0. The highest BCUT2D eigenvalue weighted by Gasteiger charge is 2.37. The van der Waals surface area contributed by atoms with Gasteiger partial charge >= 0.3 is 0 Å². The fourth-order valence-corrected chi connectivity index (χ4v) is 6.74. The lowest BCUT2D eigenvalue weighted by molar-refractivity contribution is -0.132. The van der Waals surface area contributed by atoms with E-state index in [2.05, 4.69) is 61.8 Å². The molecule has 0 spiro atoms. The summed E-state index contributed by atoms with van der Waals surface area (Å²) in [6.07, 6.45) is 7.49. The highest BCUT2D eigenvalue weighted by molar-refractivity contribution is 6.04. The van der Waals surface area contributed by atoms with Gasteiger partial charge in [0.25, 0.3) is 0 Å². The van der Waals surface area contributed by atoms with E-state index in [1.165, 1.54) is 0 Å². The fraction of sp³-hybridized carbons (Fsp3) is 0.340. The number of Topliss-reactive ketones (excluding diaryl/α,β-unsaturated/α-hetero) is 2. The Hall–Kier alpha value is -5.43. The van der Waals surface area contributed by atoms with Gasteiger partial charge in [0, 0.05) is 90.0 Å². The highest BCUT2D eigenvalue weighted by atomic mass is 16.1. The van der Waals surface area contributed by atoms with Crippen LogP contribution in [0.4, 0.5) is 22.7 Å². The summed E-state index contributed by atoms with van der Waals surface area (Å²) in [7, 11) is 8.02. The summed E-state index contributed by atoms with van der Waals surface area (Å²) < 4.78 is 0. The summed E-state index contributed by atoms with van der Waals surface area (Å²) in [5, 5.41) is 0. The second kappa shape index (κ2) is 20.1. The minimum absolute atomic E-state index is 0.0247. The quantitative estimate of drug-likeness (QED) is 0.120. The van der Waals surface area contributed by atoms with Gasteiger partial charge in [0.1, 0.15) is 11.6 Å². The van der Waals surface area contributed by atoms with Crippen LogP contribution in [0.5, 0.6) is 0 Å². The minimum atomic E-state index is -0.343. The molecule has 0 amide bonds. The second-order valence-corrected chi connectivity index (χ2v) is 14.0. The number of hydrogen-bond acceptors (Lipinski definition) is 7. The van der Waals surface area contributed by atoms with E-state index in [0.717, 1.165) is 71.2 Å². The molecular weight excluding hydrogens is 669 g/mol. The molecule has 1 aliphatic rings. The van der Waals surface area contributed by atoms with Crippen LogP contribution >= 0.6 is 0 Å². The Balaban J connectivity index is 0.000000247. The third-order valence-corrected chi connectivity index (χ3v) is 10.1. The van der Waals surface area contributed by atoms with Crippen LogP contribution in [0.3, 0.4) is 0 Å². The van der Waals surface area contributed by atoms with E-state index >= 15 is 0 Å². The zero-order valence-corrected chi connectivity index (χ0v) is 33.5. The molecular formula is C47H58N4O3. The van der Waals surface area contributed by atoms with Crippen LogP contribution in [0, 0.1) is 0 Å². The Morgan fingerprint density at radius 1 is 0.519 bits per heavy atom. The van der Waals surface area contributed by atoms with Crippen molar-refractivity contribution in [3.8, 4) is 0 Å². The lowest BCUT2D eigenvalue weighted by atomic mass is 9.73. The third-order valence-electron chi connectivity index (χ3n) is 10.1. The topological polar surface area (TPSA) is 64.2 Å². The SMILES string of the molecule is CCN(CC)c1ccc(C2CC(=O)CC(c3ccc(N(CC)CC)cc3)C2=O)cc1.CN(C)c1ccc(C=CC(=O)C=Cc2ccc(N(C)C)cc2)cc1. The number of anilines is 4. The average molecular weight is 727 g/mol. The molecule has 0 saturated heterocycles. The smallest absolute Gasteiger partial charge is 0.178 e. The van der Waals surface area contributed by atoms with Crippen molar-refractivity contribution in [1.29, 1.82) is 0 Å². The molecule has 0 heterocycles. The number of rotatable bonds is 14. The molecule has 5 rings (SSSR count). The van der Waals surface area contributed by atoms with Gasteiger partial charge in [0.2, 0.25) is 0 Å². The number of benzene rings is 4. The summed E-state index contributed by atoms with van der Waals surface area (Å²) in [6.45, 7) is 12.3. The van der Waals surface area contributed by atoms with Crippen molar-refractivity contribution < 1.29 is 14.4 Å². The molecule has 1 fully saturated rings. The van der Waals surface area contributed by atoms with Crippen LogP contribution in [-0.2, 0) is 14.4 Å². The van der Waals surface area contributed by atoms with Crippen molar-refractivity contribution in [3.63, 3.8) is 0 Å². The normalized spacial score (nSPS) is 15.6. The van der Waals surface area contributed by atoms with E-state index in [-0.39, 0.29) is 29.2 Å². The largest absolute Gasteiger partial charge is 0.378 e. The molecule has 4 aromatic rings. The maximum absolute atomic E-state index is 13.4. The van der Waals surface area contributed by atoms with Gasteiger partial charge in [-0.1, -0.05) is 60.7 Å². The molecule has 284 valence electrons. The summed E-state index contributed by atoms with van der Waals surface area (Å²) in [5.41, 5.74) is 8.51. The molecule has 1 saturated carbocycles. The van der Waals surface area contributed by atoms with E-state index in [4.69, 9.17) is 0 Å². The zero-order valence-electron chi connectivity index (χ0n) is 33.5. The molecule has 0 aliphatic heterocycles. The van der Waals surface area contributed by atoms with Gasteiger partial charge in [-0.3, -0.25) is 14.4 Å². The summed E-state index contributed by atoms with van der Waals surface area (Å²) in [5.74, 6) is -0.372. The van der Waals surface area contributed by atoms with E-state index in [1.807, 2.05) is 123 Å². The summed E-state index contributed by atoms with van der Waals surface area (Å²) in [6, 6.07) is 32.5. The Kier molecular flexibility index (Phi) is 15.4. The predicted octanol–water partition coefficient (Wildman–Crippen LogP) is 9.29. The fourth-order valence-electron chi connectivity index (χ4n) is 6.74. The molecule has 0 aromatic heterocycles. The lowest BCUT2D eigenvalue weighted by Crippen LogP contribution is -2.30. The molecule has 1 aliphatic carbocycles. The van der Waals surface area contributed by atoms with Crippen LogP contribution in [0.15, 0.2) is 109 Å². The maximum atomic E-state index is 13.4. The molecule has 0 bridgehead atoms. The first-order valence-corrected chi connectivity index (χ1v) is 19.2. The lowest BCUT2D eigenvalue weighted by Gasteiger charge is -2.29. The number of carbonyl (C=O) groups excluding carboxylic acids is 3. The Morgan fingerprint density at radius 3 is 1.13 bits per heavy atom. The number of carbonyl (C=O) groups is 3. The molecule has 7 heteroatoms. The predicted molar refractivity (Wildman–Crippen MR) is 229 cm³/mol. The van der Waals surface area contributed by atoms with Gasteiger partial charge in [-0.15, -0.1) is 0 Å². The van der Waals surface area contributed by atoms with Crippen molar-refractivity contribution in [2.75, 3.05) is 74.0 Å². The molecule has 2 unspecified atom stereocenters. The van der Waals surface area contributed by atoms with E-state index in [0.29, 0.717) is 12.8 Å². The second-order valence-electron chi connectivity index (χ2n) is 14.0. The highest BCUT2D eigenvalue weighted by Crippen LogP contribution is 2.38. The van der Waals surface area contributed by atoms with Gasteiger partial charge in [0.05, 0.1) is 11.8 Å². The maximum Gasteiger partial charge on any atom is 0.178 e. The molecule has 0 radical (unpaired) electrons. The number of ketones is 3. The van der Waals surface area contributed by atoms with Crippen LogP contribution in [0.1, 0.15) is 74.6 Å². The van der Waals surface area contributed by atoms with Crippen molar-refractivity contribution in [2.24, 2.45) is 0 Å². The van der Waals surface area contributed by atoms with Crippen LogP contribution < -0.4 is 19.6 Å². The van der Waals surface area contributed by atoms with E-state index in [1.54, 1.807) is 12.2 Å². The van der Waals surface area contributed by atoms with Crippen molar-refractivity contribution in [2.45, 2.75) is 52.4 Å². The van der Waals surface area contributed by atoms with Crippen molar-refractivity contribution in [3.05, 3.63) is 131 Å². The van der Waals surface area contributed by atoms with E-state index < -0.39 is 0 Å². The molecule has 4 aromatic carbocycles. The minimum Gasteiger partial charge on any atom is -0.378 e. The van der Waals surface area contributed by atoms with Crippen LogP contribution in [0.25, 0.3) is 12.2 Å². The van der Waals surface area contributed by atoms with Crippen molar-refractivity contribution >= 4 is 52.3 Å². The molecule has 0 N–H and O–H groups in total. The van der Waals surface area contributed by atoms with Gasteiger partial charge in [-0.05, 0) is 111 Å². The molecule has 7 nitrogen and oxygen atoms in total. The molecule has 54 heavy (non-hydrogen) atoms. The van der Waals surface area contributed by atoms with Crippen LogP contribution in [0.2, 0.25) is 0 Å². The van der Waals surface area contributed by atoms with Gasteiger partial charge < -0.3 is 19.6 Å².